The quantitative estimate of drug-likeness (QED) is 0.742. The van der Waals surface area contributed by atoms with Gasteiger partial charge in [0.1, 0.15) is 17.2 Å². The number of ether oxygens (including phenoxy) is 3. The minimum atomic E-state index is -0.0202. The first kappa shape index (κ1) is 15.7. The van der Waals surface area contributed by atoms with Crippen molar-refractivity contribution in [2.45, 2.75) is 11.8 Å². The topological polar surface area (TPSA) is 27.7 Å². The first-order valence-corrected chi connectivity index (χ1v) is 7.53. The van der Waals surface area contributed by atoms with E-state index in [2.05, 4.69) is 22.0 Å². The third kappa shape index (κ3) is 3.16. The summed E-state index contributed by atoms with van der Waals surface area (Å²) < 4.78 is 16.3. The van der Waals surface area contributed by atoms with Gasteiger partial charge in [0.15, 0.2) is 0 Å². The summed E-state index contributed by atoms with van der Waals surface area (Å²) in [6, 6.07) is 11.9. The molecule has 2 aromatic carbocycles. The Morgan fingerprint density at radius 3 is 1.90 bits per heavy atom. The standard InChI is InChI=1S/C17H19BrO3/c1-11-10-12(8-9-13(11)19-2)17(18)16-14(20-3)6-5-7-15(16)21-4/h5-10,17H,1-4H3. The van der Waals surface area contributed by atoms with E-state index in [1.807, 2.05) is 37.3 Å². The molecule has 0 amide bonds. The maximum atomic E-state index is 5.47. The summed E-state index contributed by atoms with van der Waals surface area (Å²) in [4.78, 5) is -0.0202. The van der Waals surface area contributed by atoms with Crippen molar-refractivity contribution in [3.05, 3.63) is 53.1 Å². The summed E-state index contributed by atoms with van der Waals surface area (Å²) in [7, 11) is 5.01. The van der Waals surface area contributed by atoms with E-state index in [1.165, 1.54) is 0 Å². The van der Waals surface area contributed by atoms with Crippen LogP contribution in [0.15, 0.2) is 36.4 Å². The van der Waals surface area contributed by atoms with Gasteiger partial charge in [-0.1, -0.05) is 34.1 Å². The molecule has 0 aliphatic carbocycles. The van der Waals surface area contributed by atoms with Gasteiger partial charge in [0.25, 0.3) is 0 Å². The second-order valence-corrected chi connectivity index (χ2v) is 5.58. The zero-order chi connectivity index (χ0) is 15.4. The second-order valence-electron chi connectivity index (χ2n) is 4.67. The number of benzene rings is 2. The van der Waals surface area contributed by atoms with Crippen LogP contribution in [0, 0.1) is 6.92 Å². The van der Waals surface area contributed by atoms with Crippen molar-refractivity contribution in [1.82, 2.24) is 0 Å². The third-order valence-corrected chi connectivity index (χ3v) is 4.42. The van der Waals surface area contributed by atoms with Crippen LogP contribution in [0.5, 0.6) is 17.2 Å². The van der Waals surface area contributed by atoms with Crippen molar-refractivity contribution in [3.8, 4) is 17.2 Å². The highest BCUT2D eigenvalue weighted by atomic mass is 79.9. The summed E-state index contributed by atoms with van der Waals surface area (Å²) in [6.07, 6.45) is 0. The molecular weight excluding hydrogens is 332 g/mol. The fraction of sp³-hybridized carbons (Fsp3) is 0.294. The van der Waals surface area contributed by atoms with Crippen LogP contribution < -0.4 is 14.2 Å². The molecule has 0 N–H and O–H groups in total. The van der Waals surface area contributed by atoms with Gasteiger partial charge in [-0.2, -0.15) is 0 Å². The summed E-state index contributed by atoms with van der Waals surface area (Å²) in [6.45, 7) is 2.03. The minimum Gasteiger partial charge on any atom is -0.496 e. The maximum absolute atomic E-state index is 5.47. The van der Waals surface area contributed by atoms with Crippen LogP contribution in [0.3, 0.4) is 0 Å². The Labute approximate surface area is 134 Å². The van der Waals surface area contributed by atoms with Crippen LogP contribution in [0.25, 0.3) is 0 Å². The zero-order valence-corrected chi connectivity index (χ0v) is 14.2. The molecular formula is C17H19BrO3. The van der Waals surface area contributed by atoms with E-state index in [-0.39, 0.29) is 4.83 Å². The Hall–Kier alpha value is -1.68. The van der Waals surface area contributed by atoms with Gasteiger partial charge in [-0.25, -0.2) is 0 Å². The van der Waals surface area contributed by atoms with Gasteiger partial charge in [0.2, 0.25) is 0 Å². The number of hydrogen-bond donors (Lipinski definition) is 0. The molecule has 0 spiro atoms. The Balaban J connectivity index is 2.49. The van der Waals surface area contributed by atoms with Crippen LogP contribution in [0.2, 0.25) is 0 Å². The molecule has 1 unspecified atom stereocenters. The van der Waals surface area contributed by atoms with Crippen molar-refractivity contribution in [2.24, 2.45) is 0 Å². The highest BCUT2D eigenvalue weighted by Crippen LogP contribution is 2.42. The molecule has 0 aromatic heterocycles. The molecule has 0 bridgehead atoms. The van der Waals surface area contributed by atoms with Crippen LogP contribution in [-0.2, 0) is 0 Å². The smallest absolute Gasteiger partial charge is 0.127 e. The lowest BCUT2D eigenvalue weighted by Crippen LogP contribution is -2.01. The zero-order valence-electron chi connectivity index (χ0n) is 12.6. The van der Waals surface area contributed by atoms with Gasteiger partial charge >= 0.3 is 0 Å². The van der Waals surface area contributed by atoms with Gasteiger partial charge in [0.05, 0.1) is 31.7 Å². The van der Waals surface area contributed by atoms with E-state index in [1.54, 1.807) is 21.3 Å². The third-order valence-electron chi connectivity index (χ3n) is 3.43. The molecule has 112 valence electrons. The summed E-state index contributed by atoms with van der Waals surface area (Å²) in [5, 5.41) is 0. The highest BCUT2D eigenvalue weighted by molar-refractivity contribution is 9.09. The van der Waals surface area contributed by atoms with Crippen LogP contribution in [0.4, 0.5) is 0 Å². The summed E-state index contributed by atoms with van der Waals surface area (Å²) >= 11 is 3.76. The van der Waals surface area contributed by atoms with Crippen LogP contribution in [0.1, 0.15) is 21.5 Å². The van der Waals surface area contributed by atoms with Crippen molar-refractivity contribution >= 4 is 15.9 Å². The lowest BCUT2D eigenvalue weighted by Gasteiger charge is -2.19. The SMILES string of the molecule is COc1ccc(C(Br)c2c(OC)cccc2OC)cc1C. The number of rotatable bonds is 5. The first-order valence-electron chi connectivity index (χ1n) is 6.61. The average molecular weight is 351 g/mol. The Kier molecular flexibility index (Phi) is 5.12. The van der Waals surface area contributed by atoms with Crippen LogP contribution >= 0.6 is 15.9 Å². The van der Waals surface area contributed by atoms with Gasteiger partial charge in [-0.3, -0.25) is 0 Å². The van der Waals surface area contributed by atoms with Crippen molar-refractivity contribution in [3.63, 3.8) is 0 Å². The number of alkyl halides is 1. The monoisotopic (exact) mass is 350 g/mol. The lowest BCUT2D eigenvalue weighted by atomic mass is 10.0. The van der Waals surface area contributed by atoms with E-state index in [4.69, 9.17) is 14.2 Å². The van der Waals surface area contributed by atoms with E-state index >= 15 is 0 Å². The fourth-order valence-electron chi connectivity index (χ4n) is 2.36. The van der Waals surface area contributed by atoms with Crippen molar-refractivity contribution in [1.29, 1.82) is 0 Å². The summed E-state index contributed by atoms with van der Waals surface area (Å²) in [5.74, 6) is 2.47. The molecule has 21 heavy (non-hydrogen) atoms. The predicted molar refractivity (Wildman–Crippen MR) is 88.0 cm³/mol. The van der Waals surface area contributed by atoms with E-state index in [9.17, 15) is 0 Å². The minimum absolute atomic E-state index is 0.0202. The maximum Gasteiger partial charge on any atom is 0.127 e. The largest absolute Gasteiger partial charge is 0.496 e. The molecule has 0 fully saturated rings. The Morgan fingerprint density at radius 2 is 1.43 bits per heavy atom. The van der Waals surface area contributed by atoms with Crippen molar-refractivity contribution < 1.29 is 14.2 Å². The Morgan fingerprint density at radius 1 is 0.857 bits per heavy atom. The Bertz CT molecular complexity index is 603. The molecule has 2 aromatic rings. The van der Waals surface area contributed by atoms with Crippen molar-refractivity contribution in [2.75, 3.05) is 21.3 Å². The van der Waals surface area contributed by atoms with E-state index < -0.39 is 0 Å². The van der Waals surface area contributed by atoms with Gasteiger partial charge in [-0.05, 0) is 36.2 Å². The van der Waals surface area contributed by atoms with E-state index in [0.29, 0.717) is 0 Å². The number of halogens is 1. The van der Waals surface area contributed by atoms with Gasteiger partial charge < -0.3 is 14.2 Å². The molecule has 0 saturated carbocycles. The van der Waals surface area contributed by atoms with Crippen LogP contribution in [-0.4, -0.2) is 21.3 Å². The predicted octanol–water partition coefficient (Wildman–Crippen LogP) is 4.51. The number of aryl methyl sites for hydroxylation is 1. The molecule has 0 radical (unpaired) electrons. The number of hydrogen-bond acceptors (Lipinski definition) is 3. The molecule has 4 heteroatoms. The first-order chi connectivity index (χ1) is 10.1. The molecule has 0 aliphatic heterocycles. The van der Waals surface area contributed by atoms with E-state index in [0.717, 1.165) is 33.9 Å². The molecule has 0 saturated heterocycles. The second kappa shape index (κ2) is 6.85. The average Bonchev–Trinajstić information content (AvgIpc) is 2.53. The number of methoxy groups -OCH3 is 3. The molecule has 0 heterocycles. The van der Waals surface area contributed by atoms with Gasteiger partial charge in [-0.15, -0.1) is 0 Å². The lowest BCUT2D eigenvalue weighted by molar-refractivity contribution is 0.386. The molecule has 2 rings (SSSR count). The normalized spacial score (nSPS) is 11.9. The highest BCUT2D eigenvalue weighted by Gasteiger charge is 2.20. The fourth-order valence-corrected chi connectivity index (χ4v) is 3.09. The molecule has 1 atom stereocenters. The molecule has 0 aliphatic rings. The molecule has 3 nitrogen and oxygen atoms in total. The summed E-state index contributed by atoms with van der Waals surface area (Å²) in [5.41, 5.74) is 3.19. The van der Waals surface area contributed by atoms with Gasteiger partial charge in [0, 0.05) is 0 Å².